The van der Waals surface area contributed by atoms with Gasteiger partial charge in [-0.25, -0.2) is 9.78 Å². The molecule has 2 rings (SSSR count). The monoisotopic (exact) mass is 213 g/mol. The van der Waals surface area contributed by atoms with E-state index in [0.717, 1.165) is 0 Å². The molecule has 0 aliphatic rings. The maximum Gasteiger partial charge on any atom is 0.337 e. The van der Waals surface area contributed by atoms with Crippen LogP contribution < -0.4 is 5.73 Å². The number of anilines is 1. The lowest BCUT2D eigenvalue weighted by Crippen LogP contribution is -2.06. The van der Waals surface area contributed by atoms with Gasteiger partial charge < -0.3 is 10.8 Å². The number of benzene rings is 1. The number of hydrogen-bond donors (Lipinski definition) is 2. The Balaban J connectivity index is 3.00. The van der Waals surface area contributed by atoms with Crippen LogP contribution in [-0.2, 0) is 0 Å². The summed E-state index contributed by atoms with van der Waals surface area (Å²) in [5, 5.41) is 18.4. The minimum absolute atomic E-state index is 0.0569. The summed E-state index contributed by atoms with van der Waals surface area (Å²) in [6.07, 6.45) is 0. The average Bonchev–Trinajstić information content (AvgIpc) is 2.26. The quantitative estimate of drug-likeness (QED) is 0.745. The molecule has 1 aromatic heterocycles. The number of pyridine rings is 1. The number of nitrogens with two attached hydrogens (primary N) is 1. The number of carbonyl (C=O) groups is 1. The largest absolute Gasteiger partial charge is 0.478 e. The number of para-hydroxylation sites is 1. The molecule has 0 unspecified atom stereocenters. The van der Waals surface area contributed by atoms with Crippen LogP contribution in [0.25, 0.3) is 10.9 Å². The molecule has 0 atom stereocenters. The summed E-state index contributed by atoms with van der Waals surface area (Å²) in [6.45, 7) is 0. The number of hydrogen-bond acceptors (Lipinski definition) is 4. The van der Waals surface area contributed by atoms with Crippen LogP contribution in [0.4, 0.5) is 5.82 Å². The molecular weight excluding hydrogens is 206 g/mol. The number of nitriles is 1. The van der Waals surface area contributed by atoms with Crippen LogP contribution in [0.15, 0.2) is 24.3 Å². The van der Waals surface area contributed by atoms with Gasteiger partial charge in [0.1, 0.15) is 17.5 Å². The van der Waals surface area contributed by atoms with Gasteiger partial charge in [0.2, 0.25) is 0 Å². The Morgan fingerprint density at radius 1 is 1.44 bits per heavy atom. The van der Waals surface area contributed by atoms with E-state index in [4.69, 9.17) is 16.1 Å². The van der Waals surface area contributed by atoms with Crippen molar-refractivity contribution in [2.24, 2.45) is 0 Å². The highest BCUT2D eigenvalue weighted by molar-refractivity contribution is 6.06. The summed E-state index contributed by atoms with van der Waals surface area (Å²) < 4.78 is 0. The molecular formula is C11H7N3O2. The van der Waals surface area contributed by atoms with Gasteiger partial charge in [-0.3, -0.25) is 0 Å². The lowest BCUT2D eigenvalue weighted by atomic mass is 10.0. The summed E-state index contributed by atoms with van der Waals surface area (Å²) in [5.41, 5.74) is 5.82. The van der Waals surface area contributed by atoms with Crippen LogP contribution in [0.1, 0.15) is 15.9 Å². The summed E-state index contributed by atoms with van der Waals surface area (Å²) in [4.78, 5) is 15.1. The van der Waals surface area contributed by atoms with Crippen molar-refractivity contribution in [2.75, 3.05) is 5.73 Å². The Morgan fingerprint density at radius 2 is 2.12 bits per heavy atom. The molecule has 16 heavy (non-hydrogen) atoms. The summed E-state index contributed by atoms with van der Waals surface area (Å²) in [7, 11) is 0. The van der Waals surface area contributed by atoms with Crippen molar-refractivity contribution >= 4 is 22.7 Å². The van der Waals surface area contributed by atoms with E-state index in [9.17, 15) is 4.79 Å². The molecule has 3 N–H and O–H groups in total. The minimum Gasteiger partial charge on any atom is -0.478 e. The van der Waals surface area contributed by atoms with E-state index in [1.54, 1.807) is 30.3 Å². The second-order valence-electron chi connectivity index (χ2n) is 3.18. The molecule has 1 heterocycles. The van der Waals surface area contributed by atoms with Crippen molar-refractivity contribution in [3.05, 3.63) is 35.4 Å². The lowest BCUT2D eigenvalue weighted by molar-refractivity contribution is 0.0698. The molecule has 2 aromatic rings. The van der Waals surface area contributed by atoms with E-state index >= 15 is 0 Å². The van der Waals surface area contributed by atoms with E-state index in [2.05, 4.69) is 4.98 Å². The minimum atomic E-state index is -1.18. The van der Waals surface area contributed by atoms with E-state index in [-0.39, 0.29) is 16.9 Å². The Morgan fingerprint density at radius 3 is 2.75 bits per heavy atom. The molecule has 0 bridgehead atoms. The van der Waals surface area contributed by atoms with Gasteiger partial charge in [-0.15, -0.1) is 0 Å². The third-order valence-electron chi connectivity index (χ3n) is 2.25. The summed E-state index contributed by atoms with van der Waals surface area (Å²) in [6, 6.07) is 8.44. The van der Waals surface area contributed by atoms with Crippen LogP contribution in [0.3, 0.4) is 0 Å². The molecule has 5 heteroatoms. The predicted molar refractivity (Wildman–Crippen MR) is 57.8 cm³/mol. The van der Waals surface area contributed by atoms with Crippen molar-refractivity contribution in [1.29, 1.82) is 5.26 Å². The number of nitrogen functional groups attached to an aromatic ring is 1. The molecule has 5 nitrogen and oxygen atoms in total. The zero-order valence-electron chi connectivity index (χ0n) is 8.14. The fraction of sp³-hybridized carbons (Fsp3) is 0. The van der Waals surface area contributed by atoms with Gasteiger partial charge in [0.25, 0.3) is 0 Å². The van der Waals surface area contributed by atoms with E-state index in [0.29, 0.717) is 10.9 Å². The molecule has 0 saturated carbocycles. The second kappa shape index (κ2) is 3.51. The molecule has 0 amide bonds. The van der Waals surface area contributed by atoms with Gasteiger partial charge in [-0.1, -0.05) is 18.2 Å². The number of rotatable bonds is 1. The SMILES string of the molecule is N#Cc1c(N)nc2ccccc2c1C(=O)O. The van der Waals surface area contributed by atoms with Gasteiger partial charge in [0, 0.05) is 5.39 Å². The van der Waals surface area contributed by atoms with E-state index in [1.807, 2.05) is 0 Å². The van der Waals surface area contributed by atoms with Gasteiger partial charge in [0.05, 0.1) is 11.1 Å². The van der Waals surface area contributed by atoms with Gasteiger partial charge in [-0.2, -0.15) is 5.26 Å². The first kappa shape index (κ1) is 9.93. The Bertz CT molecular complexity index is 629. The Kier molecular flexibility index (Phi) is 2.18. The van der Waals surface area contributed by atoms with Gasteiger partial charge >= 0.3 is 5.97 Å². The second-order valence-corrected chi connectivity index (χ2v) is 3.18. The molecule has 0 saturated heterocycles. The Labute approximate surface area is 90.8 Å². The normalized spacial score (nSPS) is 9.94. The third-order valence-corrected chi connectivity index (χ3v) is 2.25. The highest BCUT2D eigenvalue weighted by Gasteiger charge is 2.18. The van der Waals surface area contributed by atoms with Crippen LogP contribution >= 0.6 is 0 Å². The van der Waals surface area contributed by atoms with Crippen molar-refractivity contribution in [3.8, 4) is 6.07 Å². The number of aromatic carboxylic acids is 1. The number of carboxylic acids is 1. The lowest BCUT2D eigenvalue weighted by Gasteiger charge is -2.06. The zero-order valence-corrected chi connectivity index (χ0v) is 8.14. The fourth-order valence-corrected chi connectivity index (χ4v) is 1.57. The van der Waals surface area contributed by atoms with Crippen molar-refractivity contribution in [2.45, 2.75) is 0 Å². The van der Waals surface area contributed by atoms with E-state index < -0.39 is 5.97 Å². The zero-order chi connectivity index (χ0) is 11.7. The molecule has 0 spiro atoms. The van der Waals surface area contributed by atoms with Gasteiger partial charge in [0.15, 0.2) is 0 Å². The van der Waals surface area contributed by atoms with Crippen LogP contribution in [0, 0.1) is 11.3 Å². The molecule has 0 fully saturated rings. The number of nitrogens with zero attached hydrogens (tertiary/aromatic N) is 2. The predicted octanol–water partition coefficient (Wildman–Crippen LogP) is 1.39. The van der Waals surface area contributed by atoms with Crippen LogP contribution in [0.5, 0.6) is 0 Å². The van der Waals surface area contributed by atoms with Crippen molar-refractivity contribution < 1.29 is 9.90 Å². The summed E-state index contributed by atoms with van der Waals surface area (Å²) in [5.74, 6) is -1.24. The molecule has 0 aliphatic heterocycles. The smallest absolute Gasteiger partial charge is 0.337 e. The fourth-order valence-electron chi connectivity index (χ4n) is 1.57. The highest BCUT2D eigenvalue weighted by atomic mass is 16.4. The number of carboxylic acid groups (broad SMARTS) is 1. The topological polar surface area (TPSA) is 100 Å². The standard InChI is InChI=1S/C11H7N3O2/c12-5-7-9(11(15)16)6-3-1-2-4-8(6)14-10(7)13/h1-4H,(H2,13,14)(H,15,16). The number of aromatic nitrogens is 1. The van der Waals surface area contributed by atoms with Crippen LogP contribution in [-0.4, -0.2) is 16.1 Å². The molecule has 0 radical (unpaired) electrons. The molecule has 1 aromatic carbocycles. The van der Waals surface area contributed by atoms with Crippen molar-refractivity contribution in [3.63, 3.8) is 0 Å². The van der Waals surface area contributed by atoms with Gasteiger partial charge in [-0.05, 0) is 6.07 Å². The first-order chi connectivity index (χ1) is 7.65. The Hall–Kier alpha value is -2.61. The number of fused-ring (bicyclic) bond motifs is 1. The maximum absolute atomic E-state index is 11.1. The molecule has 0 aliphatic carbocycles. The van der Waals surface area contributed by atoms with Crippen LogP contribution in [0.2, 0.25) is 0 Å². The maximum atomic E-state index is 11.1. The first-order valence-corrected chi connectivity index (χ1v) is 4.46. The first-order valence-electron chi connectivity index (χ1n) is 4.46. The highest BCUT2D eigenvalue weighted by Crippen LogP contribution is 2.24. The third kappa shape index (κ3) is 1.33. The van der Waals surface area contributed by atoms with E-state index in [1.165, 1.54) is 0 Å². The molecule has 78 valence electrons. The van der Waals surface area contributed by atoms with Crippen molar-refractivity contribution in [1.82, 2.24) is 4.98 Å². The average molecular weight is 213 g/mol. The summed E-state index contributed by atoms with van der Waals surface area (Å²) >= 11 is 0.